The molecule has 220 valence electrons. The van der Waals surface area contributed by atoms with Gasteiger partial charge in [-0.3, -0.25) is 9.69 Å². The van der Waals surface area contributed by atoms with E-state index >= 15 is 0 Å². The van der Waals surface area contributed by atoms with Crippen molar-refractivity contribution in [1.82, 2.24) is 14.2 Å². The molecule has 0 aliphatic rings. The van der Waals surface area contributed by atoms with Crippen LogP contribution in [0.15, 0.2) is 41.3 Å². The SMILES string of the molecule is CCN(CC)CCN(C(=O)c1ccc(S(=O)(=O)N(CCC#N)CCC#N)cc1)c1nc2c(OC)ccc(Cl)c2s1.Cl. The molecule has 0 unspecified atom stereocenters. The molecule has 41 heavy (non-hydrogen) atoms. The summed E-state index contributed by atoms with van der Waals surface area (Å²) in [5, 5.41) is 18.8. The van der Waals surface area contributed by atoms with Crippen LogP contribution in [-0.2, 0) is 10.0 Å². The van der Waals surface area contributed by atoms with Gasteiger partial charge in [0.1, 0.15) is 11.3 Å². The lowest BCUT2D eigenvalue weighted by atomic mass is 10.2. The van der Waals surface area contributed by atoms with Crippen LogP contribution in [0.1, 0.15) is 37.0 Å². The van der Waals surface area contributed by atoms with E-state index in [1.54, 1.807) is 24.1 Å². The van der Waals surface area contributed by atoms with Gasteiger partial charge in [0.25, 0.3) is 5.91 Å². The van der Waals surface area contributed by atoms with Gasteiger partial charge in [0.2, 0.25) is 10.0 Å². The van der Waals surface area contributed by atoms with Gasteiger partial charge in [-0.05, 0) is 49.5 Å². The summed E-state index contributed by atoms with van der Waals surface area (Å²) in [4.78, 5) is 22.2. The molecule has 1 heterocycles. The average molecular weight is 640 g/mol. The first-order valence-corrected chi connectivity index (χ1v) is 15.4. The molecule has 0 saturated heterocycles. The Kier molecular flexibility index (Phi) is 13.3. The number of ether oxygens (including phenoxy) is 1. The molecule has 0 N–H and O–H groups in total. The Morgan fingerprint density at radius 1 is 1.00 bits per heavy atom. The highest BCUT2D eigenvalue weighted by Gasteiger charge is 2.27. The standard InChI is InChI=1S/C27H31ClN6O4S2.ClH/c1-4-32(5-2)18-19-34(27-31-24-23(38-3)13-12-22(28)25(24)39-27)26(35)20-8-10-21(11-9-20)40(36,37)33(16-6-14-29)17-7-15-30;/h8-13H,4-7,16-19H2,1-3H3;1H. The van der Waals surface area contributed by atoms with Crippen molar-refractivity contribution in [2.75, 3.05) is 51.3 Å². The maximum absolute atomic E-state index is 13.8. The first-order valence-electron chi connectivity index (χ1n) is 12.7. The highest BCUT2D eigenvalue weighted by atomic mass is 35.5. The number of hydrogen-bond acceptors (Lipinski definition) is 9. The number of thiazole rings is 1. The molecular formula is C27H32Cl2N6O4S2. The van der Waals surface area contributed by atoms with Crippen LogP contribution in [0.3, 0.4) is 0 Å². The largest absolute Gasteiger partial charge is 0.494 e. The Morgan fingerprint density at radius 3 is 2.15 bits per heavy atom. The van der Waals surface area contributed by atoms with E-state index in [1.165, 1.54) is 35.6 Å². The van der Waals surface area contributed by atoms with E-state index in [0.717, 1.165) is 17.4 Å². The topological polar surface area (TPSA) is 131 Å². The Bertz CT molecular complexity index is 1500. The number of amides is 1. The van der Waals surface area contributed by atoms with Crippen LogP contribution in [0.25, 0.3) is 10.2 Å². The van der Waals surface area contributed by atoms with Crippen molar-refractivity contribution in [1.29, 1.82) is 10.5 Å². The molecule has 14 heteroatoms. The Morgan fingerprint density at radius 2 is 1.61 bits per heavy atom. The van der Waals surface area contributed by atoms with Gasteiger partial charge >= 0.3 is 0 Å². The molecule has 1 aromatic heterocycles. The fraction of sp³-hybridized carbons (Fsp3) is 0.407. The average Bonchev–Trinajstić information content (AvgIpc) is 3.41. The van der Waals surface area contributed by atoms with Crippen LogP contribution >= 0.6 is 35.3 Å². The van der Waals surface area contributed by atoms with Crippen molar-refractivity contribution < 1.29 is 17.9 Å². The third-order valence-electron chi connectivity index (χ3n) is 6.36. The van der Waals surface area contributed by atoms with Crippen molar-refractivity contribution in [3.8, 4) is 17.9 Å². The molecule has 0 bridgehead atoms. The molecule has 0 saturated carbocycles. The number of likely N-dealkylation sites (N-methyl/N-ethyl adjacent to an activating group) is 1. The Hall–Kier alpha value is -2.97. The predicted octanol–water partition coefficient (Wildman–Crippen LogP) is 5.19. The minimum absolute atomic E-state index is 0. The molecular weight excluding hydrogens is 607 g/mol. The quantitative estimate of drug-likeness (QED) is 0.236. The Balaban J connectivity index is 0.00000588. The third kappa shape index (κ3) is 8.07. The zero-order chi connectivity index (χ0) is 29.3. The highest BCUT2D eigenvalue weighted by Crippen LogP contribution is 2.39. The molecule has 0 fully saturated rings. The number of nitrogens with zero attached hydrogens (tertiary/aromatic N) is 6. The van der Waals surface area contributed by atoms with Gasteiger partial charge in [-0.1, -0.05) is 36.8 Å². The van der Waals surface area contributed by atoms with E-state index < -0.39 is 10.0 Å². The summed E-state index contributed by atoms with van der Waals surface area (Å²) in [6.45, 7) is 6.65. The number of carbonyl (C=O) groups is 1. The maximum atomic E-state index is 13.8. The fourth-order valence-electron chi connectivity index (χ4n) is 4.06. The number of rotatable bonds is 14. The number of carbonyl (C=O) groups excluding carboxylic acids is 1. The van der Waals surface area contributed by atoms with Crippen molar-refractivity contribution in [2.45, 2.75) is 31.6 Å². The third-order valence-corrected chi connectivity index (χ3v) is 9.81. The van der Waals surface area contributed by atoms with Crippen LogP contribution in [0, 0.1) is 22.7 Å². The molecule has 0 aliphatic carbocycles. The number of anilines is 1. The first kappa shape index (κ1) is 34.2. The monoisotopic (exact) mass is 638 g/mol. The lowest BCUT2D eigenvalue weighted by Crippen LogP contribution is -2.39. The normalized spacial score (nSPS) is 11.2. The second kappa shape index (κ2) is 15.9. The lowest BCUT2D eigenvalue weighted by molar-refractivity contribution is 0.0983. The lowest BCUT2D eigenvalue weighted by Gasteiger charge is -2.25. The smallest absolute Gasteiger partial charge is 0.260 e. The number of sulfonamides is 1. The van der Waals surface area contributed by atoms with Crippen LogP contribution in [0.4, 0.5) is 5.13 Å². The zero-order valence-electron chi connectivity index (χ0n) is 23.0. The molecule has 0 radical (unpaired) electrons. The predicted molar refractivity (Wildman–Crippen MR) is 164 cm³/mol. The minimum Gasteiger partial charge on any atom is -0.494 e. The van der Waals surface area contributed by atoms with E-state index in [2.05, 4.69) is 4.90 Å². The number of fused-ring (bicyclic) bond motifs is 1. The molecule has 0 atom stereocenters. The summed E-state index contributed by atoms with van der Waals surface area (Å²) >= 11 is 7.71. The molecule has 10 nitrogen and oxygen atoms in total. The van der Waals surface area contributed by atoms with Crippen molar-refractivity contribution in [2.24, 2.45) is 0 Å². The summed E-state index contributed by atoms with van der Waals surface area (Å²) in [5.74, 6) is 0.209. The number of aromatic nitrogens is 1. The highest BCUT2D eigenvalue weighted by molar-refractivity contribution is 7.89. The summed E-state index contributed by atoms with van der Waals surface area (Å²) < 4.78 is 33.6. The van der Waals surface area contributed by atoms with Gasteiger partial charge < -0.3 is 9.64 Å². The summed E-state index contributed by atoms with van der Waals surface area (Å²) in [7, 11) is -2.41. The Labute approximate surface area is 256 Å². The molecule has 2 aromatic carbocycles. The van der Waals surface area contributed by atoms with Crippen LogP contribution in [-0.4, -0.2) is 74.9 Å². The number of nitriles is 2. The van der Waals surface area contributed by atoms with E-state index in [9.17, 15) is 13.2 Å². The first-order chi connectivity index (χ1) is 19.2. The number of methoxy groups -OCH3 is 1. The van der Waals surface area contributed by atoms with Crippen LogP contribution < -0.4 is 9.64 Å². The fourth-order valence-corrected chi connectivity index (χ4v) is 6.78. The van der Waals surface area contributed by atoms with Gasteiger partial charge in [0.05, 0.1) is 33.9 Å². The van der Waals surface area contributed by atoms with E-state index in [0.29, 0.717) is 39.2 Å². The second-order valence-corrected chi connectivity index (χ2v) is 12.0. The molecule has 3 aromatic rings. The summed E-state index contributed by atoms with van der Waals surface area (Å²) in [6.07, 6.45) is -0.000605. The van der Waals surface area contributed by atoms with Crippen molar-refractivity contribution in [3.05, 3.63) is 47.0 Å². The van der Waals surface area contributed by atoms with Gasteiger partial charge in [-0.2, -0.15) is 14.8 Å². The minimum atomic E-state index is -3.96. The van der Waals surface area contributed by atoms with Crippen LogP contribution in [0.5, 0.6) is 5.75 Å². The van der Waals surface area contributed by atoms with E-state index in [1.807, 2.05) is 26.0 Å². The summed E-state index contributed by atoms with van der Waals surface area (Å²) in [5.41, 5.74) is 0.850. The zero-order valence-corrected chi connectivity index (χ0v) is 26.2. The maximum Gasteiger partial charge on any atom is 0.260 e. The second-order valence-electron chi connectivity index (χ2n) is 8.65. The van der Waals surface area contributed by atoms with Crippen LogP contribution in [0.2, 0.25) is 5.02 Å². The van der Waals surface area contributed by atoms with Gasteiger partial charge in [0, 0.05) is 44.6 Å². The van der Waals surface area contributed by atoms with Gasteiger partial charge in [-0.15, -0.1) is 12.4 Å². The van der Waals surface area contributed by atoms with Gasteiger partial charge in [0.15, 0.2) is 5.13 Å². The molecule has 1 amide bonds. The van der Waals surface area contributed by atoms with Crippen molar-refractivity contribution in [3.63, 3.8) is 0 Å². The summed E-state index contributed by atoms with van der Waals surface area (Å²) in [6, 6.07) is 13.0. The van der Waals surface area contributed by atoms with E-state index in [4.69, 9.17) is 31.8 Å². The molecule has 0 spiro atoms. The van der Waals surface area contributed by atoms with E-state index in [-0.39, 0.29) is 54.7 Å². The van der Waals surface area contributed by atoms with Gasteiger partial charge in [-0.25, -0.2) is 13.4 Å². The number of benzene rings is 2. The van der Waals surface area contributed by atoms with Crippen molar-refractivity contribution >= 4 is 66.6 Å². The number of hydrogen-bond donors (Lipinski definition) is 0. The molecule has 0 aliphatic heterocycles. The molecule has 3 rings (SSSR count). The number of halogens is 2.